The van der Waals surface area contributed by atoms with Crippen LogP contribution in [0.2, 0.25) is 10.0 Å². The molecule has 3 aromatic rings. The van der Waals surface area contributed by atoms with Crippen LogP contribution in [0, 0.1) is 0 Å². The highest BCUT2D eigenvalue weighted by Crippen LogP contribution is 2.27. The number of hydrogen-bond donors (Lipinski definition) is 2. The maximum absolute atomic E-state index is 13.4. The molecule has 4 rings (SSSR count). The number of nitrogens with one attached hydrogen (secondary N) is 2. The molecule has 1 saturated heterocycles. The van der Waals surface area contributed by atoms with Gasteiger partial charge in [0, 0.05) is 27.7 Å². The van der Waals surface area contributed by atoms with Gasteiger partial charge >= 0.3 is 5.97 Å². The Morgan fingerprint density at radius 3 is 2.05 bits per heavy atom. The number of ether oxygens (including phenoxy) is 4. The molecule has 11 heteroatoms. The summed E-state index contributed by atoms with van der Waals surface area (Å²) in [5, 5.41) is 6.65. The van der Waals surface area contributed by atoms with Gasteiger partial charge in [0.2, 0.25) is 0 Å². The largest absolute Gasteiger partial charge is 0.489 e. The minimum absolute atomic E-state index is 0.132. The molecule has 234 valence electrons. The van der Waals surface area contributed by atoms with Crippen LogP contribution in [0.1, 0.15) is 43.0 Å². The standard InChI is InChI=1S/C33H36Cl2N2O7/c1-4-21-9-7-10-22(5-2)28(21)37-32(39)30-29(43-19-44-30)31(38)36-27(33(40)41-6-3)17-20-13-15-23(16-14-20)42-18-24-25(34)11-8-12-26(24)35/h7-16,27,29-30H,4-6,17-19H2,1-3H3,(H,36,38)(H,37,39)/t27-,29+,30+/m0/s1. The average molecular weight is 644 g/mol. The number of carbonyl (C=O) groups is 3. The predicted octanol–water partition coefficient (Wildman–Crippen LogP) is 5.67. The number of halogens is 2. The maximum atomic E-state index is 13.4. The van der Waals surface area contributed by atoms with E-state index in [1.165, 1.54) is 0 Å². The van der Waals surface area contributed by atoms with Gasteiger partial charge in [-0.15, -0.1) is 0 Å². The molecular weight excluding hydrogens is 607 g/mol. The van der Waals surface area contributed by atoms with Crippen molar-refractivity contribution >= 4 is 46.7 Å². The van der Waals surface area contributed by atoms with E-state index in [9.17, 15) is 14.4 Å². The highest BCUT2D eigenvalue weighted by Gasteiger charge is 2.42. The summed E-state index contributed by atoms with van der Waals surface area (Å²) in [5.74, 6) is -1.20. The third kappa shape index (κ3) is 8.30. The van der Waals surface area contributed by atoms with Gasteiger partial charge in [-0.25, -0.2) is 4.79 Å². The highest BCUT2D eigenvalue weighted by molar-refractivity contribution is 6.35. The molecule has 1 aliphatic rings. The molecule has 2 N–H and O–H groups in total. The summed E-state index contributed by atoms with van der Waals surface area (Å²) in [6.45, 7) is 5.76. The monoisotopic (exact) mass is 642 g/mol. The fourth-order valence-corrected chi connectivity index (χ4v) is 5.36. The third-order valence-corrected chi connectivity index (χ3v) is 7.94. The van der Waals surface area contributed by atoms with Crippen molar-refractivity contribution in [3.8, 4) is 5.75 Å². The molecule has 9 nitrogen and oxygen atoms in total. The third-order valence-electron chi connectivity index (χ3n) is 7.23. The summed E-state index contributed by atoms with van der Waals surface area (Å²) in [6, 6.07) is 17.1. The fraction of sp³-hybridized carbons (Fsp3) is 0.364. The first-order valence-corrected chi connectivity index (χ1v) is 15.3. The average Bonchev–Trinajstić information content (AvgIpc) is 3.52. The van der Waals surface area contributed by atoms with Crippen LogP contribution in [-0.4, -0.2) is 49.4 Å². The Kier molecular flexibility index (Phi) is 12.0. The summed E-state index contributed by atoms with van der Waals surface area (Å²) in [4.78, 5) is 39.5. The Morgan fingerprint density at radius 1 is 0.864 bits per heavy atom. The van der Waals surface area contributed by atoms with Gasteiger partial charge in [-0.05, 0) is 60.7 Å². The zero-order valence-corrected chi connectivity index (χ0v) is 26.4. The van der Waals surface area contributed by atoms with Crippen molar-refractivity contribution in [2.24, 2.45) is 0 Å². The molecule has 44 heavy (non-hydrogen) atoms. The highest BCUT2D eigenvalue weighted by atomic mass is 35.5. The second-order valence-electron chi connectivity index (χ2n) is 10.1. The van der Waals surface area contributed by atoms with Gasteiger partial charge in [-0.3, -0.25) is 9.59 Å². The zero-order chi connectivity index (χ0) is 31.6. The van der Waals surface area contributed by atoms with Gasteiger partial charge < -0.3 is 29.6 Å². The van der Waals surface area contributed by atoms with Gasteiger partial charge in [0.15, 0.2) is 12.2 Å². The lowest BCUT2D eigenvalue weighted by Crippen LogP contribution is -2.51. The smallest absolute Gasteiger partial charge is 0.328 e. The number of amides is 2. The molecule has 0 unspecified atom stereocenters. The van der Waals surface area contributed by atoms with E-state index in [0.717, 1.165) is 29.5 Å². The number of aryl methyl sites for hydroxylation is 2. The van der Waals surface area contributed by atoms with Gasteiger partial charge in [-0.2, -0.15) is 0 Å². The van der Waals surface area contributed by atoms with E-state index >= 15 is 0 Å². The van der Waals surface area contributed by atoms with E-state index in [1.807, 2.05) is 32.0 Å². The van der Waals surface area contributed by atoms with Crippen LogP contribution in [0.15, 0.2) is 60.7 Å². The first-order valence-electron chi connectivity index (χ1n) is 14.5. The number of benzene rings is 3. The van der Waals surface area contributed by atoms with Crippen molar-refractivity contribution < 1.29 is 33.3 Å². The molecular formula is C33H36Cl2N2O7. The summed E-state index contributed by atoms with van der Waals surface area (Å²) >= 11 is 12.5. The molecule has 2 amide bonds. The first-order chi connectivity index (χ1) is 21.2. The Morgan fingerprint density at radius 2 is 1.45 bits per heavy atom. The normalized spacial score (nSPS) is 16.7. The molecule has 3 aromatic carbocycles. The van der Waals surface area contributed by atoms with Crippen LogP contribution >= 0.6 is 23.2 Å². The molecule has 1 aliphatic heterocycles. The quantitative estimate of drug-likeness (QED) is 0.231. The molecule has 0 spiro atoms. The minimum Gasteiger partial charge on any atom is -0.489 e. The van der Waals surface area contributed by atoms with Crippen molar-refractivity contribution in [1.82, 2.24) is 5.32 Å². The Hall–Kier alpha value is -3.63. The first kappa shape index (κ1) is 33.3. The van der Waals surface area contributed by atoms with Crippen LogP contribution < -0.4 is 15.4 Å². The van der Waals surface area contributed by atoms with Crippen molar-refractivity contribution in [3.63, 3.8) is 0 Å². The Bertz CT molecular complexity index is 1420. The predicted molar refractivity (Wildman–Crippen MR) is 168 cm³/mol. The topological polar surface area (TPSA) is 112 Å². The van der Waals surface area contributed by atoms with E-state index in [-0.39, 0.29) is 26.4 Å². The number of anilines is 1. The molecule has 0 saturated carbocycles. The number of para-hydroxylation sites is 1. The summed E-state index contributed by atoms with van der Waals surface area (Å²) in [5.41, 5.74) is 4.08. The van der Waals surface area contributed by atoms with Crippen molar-refractivity contribution in [1.29, 1.82) is 0 Å². The molecule has 0 aromatic heterocycles. The summed E-state index contributed by atoms with van der Waals surface area (Å²) in [6.07, 6.45) is -0.873. The van der Waals surface area contributed by atoms with E-state index < -0.39 is 36.0 Å². The minimum atomic E-state index is -1.25. The maximum Gasteiger partial charge on any atom is 0.328 e. The van der Waals surface area contributed by atoms with Crippen LogP contribution in [0.3, 0.4) is 0 Å². The Labute approximate surface area is 267 Å². The molecule has 3 atom stereocenters. The van der Waals surface area contributed by atoms with Gasteiger partial charge in [0.25, 0.3) is 11.8 Å². The number of rotatable bonds is 13. The van der Waals surface area contributed by atoms with Gasteiger partial charge in [0.05, 0.1) is 6.61 Å². The number of hydrogen-bond acceptors (Lipinski definition) is 7. The number of esters is 1. The van der Waals surface area contributed by atoms with Crippen LogP contribution in [0.5, 0.6) is 5.75 Å². The van der Waals surface area contributed by atoms with E-state index in [0.29, 0.717) is 27.0 Å². The van der Waals surface area contributed by atoms with Crippen molar-refractivity contribution in [3.05, 3.63) is 93.0 Å². The Balaban J connectivity index is 1.42. The lowest BCUT2D eigenvalue weighted by atomic mass is 10.0. The lowest BCUT2D eigenvalue weighted by molar-refractivity contribution is -0.148. The molecule has 0 bridgehead atoms. The van der Waals surface area contributed by atoms with E-state index in [1.54, 1.807) is 49.4 Å². The van der Waals surface area contributed by atoms with Gasteiger partial charge in [-0.1, -0.05) is 73.4 Å². The molecule has 0 aliphatic carbocycles. The molecule has 1 heterocycles. The van der Waals surface area contributed by atoms with Crippen molar-refractivity contribution in [2.75, 3.05) is 18.7 Å². The second kappa shape index (κ2) is 15.9. The van der Waals surface area contributed by atoms with Crippen LogP contribution in [0.4, 0.5) is 5.69 Å². The zero-order valence-electron chi connectivity index (χ0n) is 24.9. The van der Waals surface area contributed by atoms with E-state index in [2.05, 4.69) is 10.6 Å². The summed E-state index contributed by atoms with van der Waals surface area (Å²) in [7, 11) is 0. The molecule has 0 radical (unpaired) electrons. The summed E-state index contributed by atoms with van der Waals surface area (Å²) < 4.78 is 22.1. The number of carbonyl (C=O) groups excluding carboxylic acids is 3. The lowest BCUT2D eigenvalue weighted by Gasteiger charge is -2.22. The van der Waals surface area contributed by atoms with Crippen LogP contribution in [0.25, 0.3) is 0 Å². The van der Waals surface area contributed by atoms with Gasteiger partial charge in [0.1, 0.15) is 25.2 Å². The SMILES string of the molecule is CCOC(=O)[C@H](Cc1ccc(OCc2c(Cl)cccc2Cl)cc1)NC(=O)[C@@H]1OCO[C@H]1C(=O)Nc1c(CC)cccc1CC. The van der Waals surface area contributed by atoms with Crippen LogP contribution in [-0.2, 0) is 54.5 Å². The fourth-order valence-electron chi connectivity index (χ4n) is 4.86. The van der Waals surface area contributed by atoms with Crippen molar-refractivity contribution in [2.45, 2.75) is 64.9 Å². The second-order valence-corrected chi connectivity index (χ2v) is 10.9. The van der Waals surface area contributed by atoms with E-state index in [4.69, 9.17) is 42.1 Å². The molecule has 1 fully saturated rings.